The Bertz CT molecular complexity index is 1200. The van der Waals surface area contributed by atoms with Crippen LogP contribution in [-0.4, -0.2) is 53.7 Å². The van der Waals surface area contributed by atoms with E-state index < -0.39 is 5.97 Å². The number of nitrogens with zero attached hydrogens (tertiary/aromatic N) is 2. The second-order valence-corrected chi connectivity index (χ2v) is 8.05. The normalized spacial score (nSPS) is 12.0. The lowest BCUT2D eigenvalue weighted by Crippen LogP contribution is -2.32. The van der Waals surface area contributed by atoms with Gasteiger partial charge < -0.3 is 30.5 Å². The highest BCUT2D eigenvalue weighted by Gasteiger charge is 2.16. The van der Waals surface area contributed by atoms with Crippen LogP contribution in [0.15, 0.2) is 29.1 Å². The number of nitrogens with one attached hydrogen (secondary N) is 3. The monoisotopic (exact) mass is 505 g/mol. The predicted octanol–water partition coefficient (Wildman–Crippen LogP) is 0.312. The fraction of sp³-hybridized carbons (Fsp3) is 0.364. The van der Waals surface area contributed by atoms with E-state index in [1.54, 1.807) is 20.0 Å². The number of rotatable bonds is 11. The quantitative estimate of drug-likeness (QED) is 0.192. The molecule has 0 saturated heterocycles. The van der Waals surface area contributed by atoms with E-state index in [0.717, 1.165) is 22.7 Å². The molecule has 0 aliphatic rings. The van der Waals surface area contributed by atoms with E-state index in [-0.39, 0.29) is 35.6 Å². The van der Waals surface area contributed by atoms with Crippen LogP contribution < -0.4 is 30.7 Å². The second kappa shape index (κ2) is 14.1. The third kappa shape index (κ3) is 7.67. The molecule has 0 saturated carbocycles. The highest BCUT2D eigenvalue weighted by molar-refractivity contribution is 7.80. The summed E-state index contributed by atoms with van der Waals surface area (Å²) in [5.41, 5.74) is 1.01. The van der Waals surface area contributed by atoms with Crippen molar-refractivity contribution in [2.45, 2.75) is 20.4 Å². The van der Waals surface area contributed by atoms with Crippen molar-refractivity contribution in [1.82, 2.24) is 9.88 Å². The Hall–Kier alpha value is -3.24. The number of aromatic nitrogens is 1. The van der Waals surface area contributed by atoms with Gasteiger partial charge in [0.25, 0.3) is 5.56 Å². The van der Waals surface area contributed by atoms with Gasteiger partial charge in [-0.2, -0.15) is 5.26 Å². The second-order valence-electron chi connectivity index (χ2n) is 6.61. The molecule has 1 heterocycles. The molecule has 0 aliphatic heterocycles. The number of nitriles is 1. The molecule has 182 valence electrons. The van der Waals surface area contributed by atoms with Gasteiger partial charge >= 0.3 is 5.97 Å². The van der Waals surface area contributed by atoms with Crippen LogP contribution >= 0.6 is 23.6 Å². The predicted molar refractivity (Wildman–Crippen MR) is 136 cm³/mol. The Morgan fingerprint density at radius 3 is 2.59 bits per heavy atom. The van der Waals surface area contributed by atoms with Crippen LogP contribution in [0.1, 0.15) is 13.8 Å². The summed E-state index contributed by atoms with van der Waals surface area (Å²) in [7, 11) is 0. The van der Waals surface area contributed by atoms with Crippen molar-refractivity contribution >= 4 is 57.8 Å². The van der Waals surface area contributed by atoms with Crippen LogP contribution in [-0.2, 0) is 20.8 Å². The maximum absolute atomic E-state index is 12.7. The maximum atomic E-state index is 12.7. The molecule has 10 nitrogen and oxygen atoms in total. The number of benzene rings is 1. The van der Waals surface area contributed by atoms with Crippen LogP contribution in [0.5, 0.6) is 0 Å². The van der Waals surface area contributed by atoms with Crippen LogP contribution in [0, 0.1) is 11.3 Å². The lowest BCUT2D eigenvalue weighted by Gasteiger charge is -2.11. The van der Waals surface area contributed by atoms with Gasteiger partial charge in [-0.1, -0.05) is 0 Å². The minimum atomic E-state index is -0.749. The van der Waals surface area contributed by atoms with E-state index in [4.69, 9.17) is 26.8 Å². The van der Waals surface area contributed by atoms with Gasteiger partial charge in [0.1, 0.15) is 15.3 Å². The van der Waals surface area contributed by atoms with Crippen molar-refractivity contribution < 1.29 is 19.4 Å². The number of carbonyl (C=O) groups is 1. The molecule has 0 fully saturated rings. The van der Waals surface area contributed by atoms with E-state index in [1.165, 1.54) is 4.57 Å². The first kappa shape index (κ1) is 27.0. The van der Waals surface area contributed by atoms with Crippen LogP contribution in [0.25, 0.3) is 11.8 Å². The Morgan fingerprint density at radius 1 is 1.26 bits per heavy atom. The first-order valence-corrected chi connectivity index (χ1v) is 11.8. The van der Waals surface area contributed by atoms with Gasteiger partial charge in [0.05, 0.1) is 26.4 Å². The van der Waals surface area contributed by atoms with Gasteiger partial charge in [-0.3, -0.25) is 9.36 Å². The summed E-state index contributed by atoms with van der Waals surface area (Å²) in [5, 5.41) is 27.6. The highest BCUT2D eigenvalue weighted by Crippen LogP contribution is 2.13. The summed E-state index contributed by atoms with van der Waals surface area (Å²) >= 11 is 6.28. The maximum Gasteiger partial charge on any atom is 0.351 e. The number of aliphatic hydroxyl groups is 1. The van der Waals surface area contributed by atoms with E-state index in [2.05, 4.69) is 16.0 Å². The summed E-state index contributed by atoms with van der Waals surface area (Å²) in [6.07, 6.45) is 1.55. The third-order valence-electron chi connectivity index (χ3n) is 4.31. The summed E-state index contributed by atoms with van der Waals surface area (Å²) in [5.74, 6) is -0.749. The SMILES string of the molecule is CCOC(=O)/C(C#N)=c1\s/c(=C/Nc2ccc(NC(=S)NCCOCCO)cc2)c(=O)n1CC. The van der Waals surface area contributed by atoms with Gasteiger partial charge in [0, 0.05) is 30.7 Å². The zero-order chi connectivity index (χ0) is 24.9. The smallest absolute Gasteiger partial charge is 0.351 e. The molecule has 34 heavy (non-hydrogen) atoms. The first-order valence-electron chi connectivity index (χ1n) is 10.6. The summed E-state index contributed by atoms with van der Waals surface area (Å²) in [4.78, 5) is 24.8. The standard InChI is InChI=1S/C22H27N5O5S2/c1-3-27-19(29)18(34-20(27)17(13-23)21(30)32-4-2)14-25-15-5-7-16(8-6-15)26-22(33)24-9-11-31-12-10-28/h5-8,14,25,28H,3-4,9-12H2,1-2H3,(H2,24,26,33)/b18-14+,20-17-. The van der Waals surface area contributed by atoms with E-state index in [0.29, 0.717) is 29.3 Å². The third-order valence-corrected chi connectivity index (χ3v) is 5.69. The Kier molecular flexibility index (Phi) is 11.2. The van der Waals surface area contributed by atoms with Crippen LogP contribution in [0.3, 0.4) is 0 Å². The zero-order valence-corrected chi connectivity index (χ0v) is 20.6. The number of aliphatic hydroxyl groups excluding tert-OH is 1. The number of esters is 1. The molecule has 0 aliphatic carbocycles. The fourth-order valence-corrected chi connectivity index (χ4v) is 4.05. The molecule has 2 aromatic rings. The minimum Gasteiger partial charge on any atom is -0.462 e. The molecule has 2 rings (SSSR count). The number of carbonyl (C=O) groups excluding carboxylic acids is 1. The summed E-state index contributed by atoms with van der Waals surface area (Å²) in [6, 6.07) is 9.11. The molecular formula is C22H27N5O5S2. The van der Waals surface area contributed by atoms with Crippen LogP contribution in [0.2, 0.25) is 0 Å². The van der Waals surface area contributed by atoms with E-state index >= 15 is 0 Å². The number of thiazole rings is 1. The van der Waals surface area contributed by atoms with E-state index in [1.807, 2.05) is 30.3 Å². The van der Waals surface area contributed by atoms with Gasteiger partial charge in [0.2, 0.25) is 0 Å². The topological polar surface area (TPSA) is 138 Å². The Labute approximate surface area is 206 Å². The lowest BCUT2D eigenvalue weighted by atomic mass is 10.3. The van der Waals surface area contributed by atoms with Crippen molar-refractivity contribution in [3.05, 3.63) is 43.8 Å². The number of thiocarbonyl (C=S) groups is 1. The minimum absolute atomic E-state index is 0.0180. The summed E-state index contributed by atoms with van der Waals surface area (Å²) in [6.45, 7) is 5.08. The molecule has 1 aromatic heterocycles. The summed E-state index contributed by atoms with van der Waals surface area (Å²) < 4.78 is 12.1. The van der Waals surface area contributed by atoms with Crippen molar-refractivity contribution in [3.63, 3.8) is 0 Å². The molecule has 1 aromatic carbocycles. The van der Waals surface area contributed by atoms with Crippen molar-refractivity contribution in [1.29, 1.82) is 5.26 Å². The van der Waals surface area contributed by atoms with E-state index in [9.17, 15) is 14.9 Å². The van der Waals surface area contributed by atoms with Gasteiger partial charge in [0.15, 0.2) is 10.7 Å². The van der Waals surface area contributed by atoms with Crippen molar-refractivity contribution in [2.75, 3.05) is 43.6 Å². The van der Waals surface area contributed by atoms with Gasteiger partial charge in [-0.15, -0.1) is 11.3 Å². The van der Waals surface area contributed by atoms with Crippen molar-refractivity contribution in [3.8, 4) is 6.07 Å². The Morgan fingerprint density at radius 2 is 1.97 bits per heavy atom. The largest absolute Gasteiger partial charge is 0.462 e. The first-order chi connectivity index (χ1) is 16.4. The molecular weight excluding hydrogens is 478 g/mol. The number of hydrogen-bond acceptors (Lipinski definition) is 9. The average Bonchev–Trinajstić information content (AvgIpc) is 3.14. The number of ether oxygens (including phenoxy) is 2. The zero-order valence-electron chi connectivity index (χ0n) is 18.9. The van der Waals surface area contributed by atoms with Crippen LogP contribution in [0.4, 0.5) is 11.4 Å². The molecule has 0 unspecified atom stereocenters. The number of hydrogen-bond donors (Lipinski definition) is 4. The number of anilines is 2. The molecule has 0 amide bonds. The fourth-order valence-electron chi connectivity index (χ4n) is 2.75. The average molecular weight is 506 g/mol. The molecule has 0 bridgehead atoms. The molecule has 0 spiro atoms. The van der Waals surface area contributed by atoms with Gasteiger partial charge in [-0.05, 0) is 50.3 Å². The van der Waals surface area contributed by atoms with Crippen molar-refractivity contribution in [2.24, 2.45) is 0 Å². The Balaban J connectivity index is 2.12. The highest BCUT2D eigenvalue weighted by atomic mass is 32.1. The molecule has 0 atom stereocenters. The van der Waals surface area contributed by atoms with Gasteiger partial charge in [-0.25, -0.2) is 4.79 Å². The molecule has 12 heteroatoms. The molecule has 0 radical (unpaired) electrons. The lowest BCUT2D eigenvalue weighted by molar-refractivity contribution is -0.136. The molecule has 4 N–H and O–H groups in total.